The van der Waals surface area contributed by atoms with Gasteiger partial charge in [-0.15, -0.1) is 0 Å². The van der Waals surface area contributed by atoms with Crippen molar-refractivity contribution in [2.24, 2.45) is 5.92 Å². The van der Waals surface area contributed by atoms with Crippen LogP contribution in [0.1, 0.15) is 12.0 Å². The Morgan fingerprint density at radius 1 is 1.32 bits per heavy atom. The molecular weight excluding hydrogens is 260 g/mol. The number of amides is 1. The van der Waals surface area contributed by atoms with Crippen molar-refractivity contribution in [1.29, 1.82) is 0 Å². The van der Waals surface area contributed by atoms with E-state index in [1.165, 1.54) is 5.56 Å². The average molecular weight is 277 g/mol. The van der Waals surface area contributed by atoms with Gasteiger partial charge in [0.05, 0.1) is 18.6 Å². The predicted octanol–water partition coefficient (Wildman–Crippen LogP) is 2.52. The highest BCUT2D eigenvalue weighted by Gasteiger charge is 2.40. The molecule has 2 atom stereocenters. The van der Waals surface area contributed by atoms with Gasteiger partial charge < -0.3 is 4.90 Å². The molecule has 0 saturated carbocycles. The van der Waals surface area contributed by atoms with Crippen LogP contribution in [0.3, 0.4) is 0 Å². The summed E-state index contributed by atoms with van der Waals surface area (Å²) in [5, 5.41) is 0.753. The van der Waals surface area contributed by atoms with Crippen LogP contribution in [0.4, 0.5) is 0 Å². The molecule has 1 fully saturated rings. The minimum Gasteiger partial charge on any atom is -0.323 e. The summed E-state index contributed by atoms with van der Waals surface area (Å²) in [5.41, 5.74) is 1.21. The van der Waals surface area contributed by atoms with E-state index in [2.05, 4.69) is 11.0 Å². The van der Waals surface area contributed by atoms with Gasteiger partial charge in [-0.05, 0) is 31.2 Å². The van der Waals surface area contributed by atoms with Crippen molar-refractivity contribution < 1.29 is 4.79 Å². The largest absolute Gasteiger partial charge is 0.323 e. The summed E-state index contributed by atoms with van der Waals surface area (Å²) in [6.45, 7) is 1.51. The van der Waals surface area contributed by atoms with Crippen molar-refractivity contribution in [2.75, 3.05) is 13.7 Å². The Kier molecular flexibility index (Phi) is 3.33. The summed E-state index contributed by atoms with van der Waals surface area (Å²) in [5.74, 6) is 0.407. The van der Waals surface area contributed by atoms with Gasteiger partial charge in [0.1, 0.15) is 0 Å². The molecule has 1 aliphatic carbocycles. The molecule has 4 heteroatoms. The molecule has 2 aliphatic rings. The smallest absolute Gasteiger partial charge is 0.231 e. The van der Waals surface area contributed by atoms with Crippen molar-refractivity contribution in [3.63, 3.8) is 0 Å². The second-order valence-electron chi connectivity index (χ2n) is 5.38. The second kappa shape index (κ2) is 4.99. The molecule has 2 bridgehead atoms. The van der Waals surface area contributed by atoms with Crippen LogP contribution >= 0.6 is 11.6 Å². The maximum absolute atomic E-state index is 12.0. The summed E-state index contributed by atoms with van der Waals surface area (Å²) in [6.07, 6.45) is 5.17. The molecule has 0 spiro atoms. The molecule has 0 radical (unpaired) electrons. The normalized spacial score (nSPS) is 24.8. The van der Waals surface area contributed by atoms with Gasteiger partial charge in [-0.3, -0.25) is 9.69 Å². The van der Waals surface area contributed by atoms with E-state index in [1.807, 2.05) is 42.3 Å². The van der Waals surface area contributed by atoms with Crippen molar-refractivity contribution in [3.05, 3.63) is 47.0 Å². The Bertz CT molecular complexity index is 511. The van der Waals surface area contributed by atoms with Crippen LogP contribution in [-0.4, -0.2) is 35.5 Å². The van der Waals surface area contributed by atoms with E-state index in [0.29, 0.717) is 12.7 Å². The van der Waals surface area contributed by atoms with Gasteiger partial charge in [-0.25, -0.2) is 0 Å². The fourth-order valence-electron chi connectivity index (χ4n) is 2.86. The highest BCUT2D eigenvalue weighted by Crippen LogP contribution is 2.32. The lowest BCUT2D eigenvalue weighted by atomic mass is 10.1. The van der Waals surface area contributed by atoms with E-state index in [0.717, 1.165) is 18.0 Å². The van der Waals surface area contributed by atoms with E-state index >= 15 is 0 Å². The zero-order valence-electron chi connectivity index (χ0n) is 10.9. The number of hydrogen-bond donors (Lipinski definition) is 0. The van der Waals surface area contributed by atoms with E-state index in [-0.39, 0.29) is 11.8 Å². The summed E-state index contributed by atoms with van der Waals surface area (Å²) in [4.78, 5) is 16.2. The van der Waals surface area contributed by atoms with E-state index in [4.69, 9.17) is 11.6 Å². The number of hydrogen-bond acceptors (Lipinski definition) is 2. The average Bonchev–Trinajstić information content (AvgIpc) is 2.96. The number of fused-ring (bicyclic) bond motifs is 2. The fraction of sp³-hybridized carbons (Fsp3) is 0.400. The van der Waals surface area contributed by atoms with Gasteiger partial charge in [-0.2, -0.15) is 0 Å². The van der Waals surface area contributed by atoms with Gasteiger partial charge in [0, 0.05) is 11.6 Å². The van der Waals surface area contributed by atoms with Gasteiger partial charge in [-0.1, -0.05) is 35.9 Å². The van der Waals surface area contributed by atoms with Crippen LogP contribution in [0.25, 0.3) is 0 Å². The summed E-state index contributed by atoms with van der Waals surface area (Å²) >= 11 is 5.87. The predicted molar refractivity (Wildman–Crippen MR) is 75.7 cm³/mol. The van der Waals surface area contributed by atoms with Crippen LogP contribution < -0.4 is 0 Å². The topological polar surface area (TPSA) is 23.6 Å². The Balaban J connectivity index is 1.60. The third-order valence-corrected chi connectivity index (χ3v) is 4.07. The Hall–Kier alpha value is -1.32. The van der Waals surface area contributed by atoms with E-state index in [1.54, 1.807) is 0 Å². The van der Waals surface area contributed by atoms with Gasteiger partial charge >= 0.3 is 0 Å². The van der Waals surface area contributed by atoms with Gasteiger partial charge in [0.2, 0.25) is 5.91 Å². The molecule has 100 valence electrons. The molecule has 3 rings (SSSR count). The van der Waals surface area contributed by atoms with Crippen LogP contribution in [0, 0.1) is 5.92 Å². The van der Waals surface area contributed by atoms with Crippen molar-refractivity contribution in [3.8, 4) is 0 Å². The van der Waals surface area contributed by atoms with Crippen LogP contribution in [0.2, 0.25) is 5.02 Å². The van der Waals surface area contributed by atoms with E-state index < -0.39 is 0 Å². The third-order valence-electron chi connectivity index (χ3n) is 3.82. The maximum Gasteiger partial charge on any atom is 0.231 e. The molecule has 19 heavy (non-hydrogen) atoms. The lowest BCUT2D eigenvalue weighted by Crippen LogP contribution is -2.42. The van der Waals surface area contributed by atoms with Crippen LogP contribution in [0.15, 0.2) is 36.4 Å². The monoisotopic (exact) mass is 276 g/mol. The third kappa shape index (κ3) is 2.53. The van der Waals surface area contributed by atoms with Gasteiger partial charge in [0.25, 0.3) is 0 Å². The number of rotatable bonds is 4. The molecule has 2 unspecified atom stereocenters. The standard InChI is InChI=1S/C15H17ClN2O/c1-17(9-11-2-5-13(16)6-3-11)10-18-14-7-4-12(8-14)15(18)19/h2-7,12,14H,8-10H2,1H3. The molecule has 1 saturated heterocycles. The van der Waals surface area contributed by atoms with Crippen molar-refractivity contribution >= 4 is 17.5 Å². The molecule has 1 amide bonds. The number of halogens is 1. The summed E-state index contributed by atoms with van der Waals surface area (Å²) < 4.78 is 0. The molecule has 1 heterocycles. The number of nitrogens with zero attached hydrogens (tertiary/aromatic N) is 2. The van der Waals surface area contributed by atoms with Crippen molar-refractivity contribution in [1.82, 2.24) is 9.80 Å². The molecule has 1 aliphatic heterocycles. The van der Waals surface area contributed by atoms with Crippen LogP contribution in [0.5, 0.6) is 0 Å². The van der Waals surface area contributed by atoms with Gasteiger partial charge in [0.15, 0.2) is 0 Å². The first-order chi connectivity index (χ1) is 9.13. The lowest BCUT2D eigenvalue weighted by Gasteiger charge is -2.29. The summed E-state index contributed by atoms with van der Waals surface area (Å²) in [6, 6.07) is 8.16. The first-order valence-corrected chi connectivity index (χ1v) is 6.93. The number of likely N-dealkylation sites (tertiary alicyclic amines) is 1. The molecule has 1 aromatic carbocycles. The lowest BCUT2D eigenvalue weighted by molar-refractivity contribution is -0.132. The van der Waals surface area contributed by atoms with Crippen molar-refractivity contribution in [2.45, 2.75) is 19.0 Å². The SMILES string of the molecule is CN(Cc1ccc(Cl)cc1)CN1C(=O)C2C=CC1C2. The van der Waals surface area contributed by atoms with E-state index in [9.17, 15) is 4.79 Å². The molecule has 0 N–H and O–H groups in total. The fourth-order valence-corrected chi connectivity index (χ4v) is 2.98. The zero-order chi connectivity index (χ0) is 13.4. The molecule has 1 aromatic rings. The molecule has 0 aromatic heterocycles. The first-order valence-electron chi connectivity index (χ1n) is 6.55. The minimum atomic E-state index is 0.133. The quantitative estimate of drug-likeness (QED) is 0.789. The molecule has 3 nitrogen and oxygen atoms in total. The molecular formula is C15H17ClN2O. The van der Waals surface area contributed by atoms with Crippen LogP contribution in [-0.2, 0) is 11.3 Å². The first kappa shape index (κ1) is 12.7. The Labute approximate surface area is 118 Å². The Morgan fingerprint density at radius 2 is 2.05 bits per heavy atom. The number of carbonyl (C=O) groups is 1. The highest BCUT2D eigenvalue weighted by atomic mass is 35.5. The minimum absolute atomic E-state index is 0.133. The maximum atomic E-state index is 12.0. The zero-order valence-corrected chi connectivity index (χ0v) is 11.7. The second-order valence-corrected chi connectivity index (χ2v) is 5.82. The summed E-state index contributed by atoms with van der Waals surface area (Å²) in [7, 11) is 2.04. The number of benzene rings is 1. The highest BCUT2D eigenvalue weighted by molar-refractivity contribution is 6.30. The Morgan fingerprint density at radius 3 is 2.68 bits per heavy atom. The number of carbonyl (C=O) groups excluding carboxylic acids is 1.